The summed E-state index contributed by atoms with van der Waals surface area (Å²) in [6.45, 7) is 6.22. The molecule has 0 saturated heterocycles. The Bertz CT molecular complexity index is 520. The van der Waals surface area contributed by atoms with Gasteiger partial charge in [0.05, 0.1) is 0 Å². The third kappa shape index (κ3) is 4.10. The zero-order chi connectivity index (χ0) is 14.4. The van der Waals surface area contributed by atoms with E-state index in [4.69, 9.17) is 0 Å². The average Bonchev–Trinajstić information content (AvgIpc) is 2.47. The summed E-state index contributed by atoms with van der Waals surface area (Å²) >= 11 is 0. The van der Waals surface area contributed by atoms with Crippen LogP contribution in [0.4, 0.5) is 5.69 Å². The van der Waals surface area contributed by atoms with Gasteiger partial charge in [-0.25, -0.2) is 0 Å². The Labute approximate surface area is 122 Å². The smallest absolute Gasteiger partial charge is 0.0429 e. The number of nitrogens with one attached hydrogen (secondary N) is 1. The summed E-state index contributed by atoms with van der Waals surface area (Å²) in [5.41, 5.74) is 4.01. The van der Waals surface area contributed by atoms with Crippen LogP contribution < -0.4 is 10.2 Å². The minimum atomic E-state index is 0.509. The Morgan fingerprint density at radius 1 is 0.900 bits per heavy atom. The molecule has 2 nitrogen and oxygen atoms in total. The summed E-state index contributed by atoms with van der Waals surface area (Å²) in [5, 5.41) is 3.50. The first-order valence-corrected chi connectivity index (χ1v) is 7.23. The Hall–Kier alpha value is -1.80. The van der Waals surface area contributed by atoms with Gasteiger partial charge in [-0.2, -0.15) is 0 Å². The second kappa shape index (κ2) is 7.11. The predicted octanol–water partition coefficient (Wildman–Crippen LogP) is 3.82. The van der Waals surface area contributed by atoms with Gasteiger partial charge in [-0.1, -0.05) is 56.3 Å². The van der Waals surface area contributed by atoms with E-state index in [1.807, 2.05) is 0 Å². The number of nitrogens with zero attached hydrogens (tertiary/aromatic N) is 1. The predicted molar refractivity (Wildman–Crippen MR) is 87.0 cm³/mol. The van der Waals surface area contributed by atoms with E-state index >= 15 is 0 Å². The normalized spacial score (nSPS) is 10.8. The molecule has 0 spiro atoms. The van der Waals surface area contributed by atoms with Crippen molar-refractivity contribution in [3.63, 3.8) is 0 Å². The van der Waals surface area contributed by atoms with Gasteiger partial charge in [-0.15, -0.1) is 0 Å². The molecule has 0 aliphatic heterocycles. The van der Waals surface area contributed by atoms with Crippen LogP contribution in [-0.4, -0.2) is 13.1 Å². The summed E-state index contributed by atoms with van der Waals surface area (Å²) in [7, 11) is 2.14. The van der Waals surface area contributed by atoms with Gasteiger partial charge in [0.1, 0.15) is 0 Å². The first-order chi connectivity index (χ1) is 9.66. The molecule has 2 rings (SSSR count). The van der Waals surface area contributed by atoms with Crippen LogP contribution >= 0.6 is 0 Å². The van der Waals surface area contributed by atoms with E-state index in [-0.39, 0.29) is 0 Å². The number of benzene rings is 2. The van der Waals surface area contributed by atoms with Crippen LogP contribution in [0.25, 0.3) is 0 Å². The van der Waals surface area contributed by atoms with Gasteiger partial charge < -0.3 is 10.2 Å². The van der Waals surface area contributed by atoms with Crippen LogP contribution in [0.3, 0.4) is 0 Å². The van der Waals surface area contributed by atoms with Crippen LogP contribution in [0, 0.1) is 0 Å². The molecular weight excluding hydrogens is 244 g/mol. The molecule has 2 aromatic carbocycles. The molecule has 0 aromatic heterocycles. The Morgan fingerprint density at radius 3 is 2.15 bits per heavy atom. The van der Waals surface area contributed by atoms with E-state index in [0.717, 1.165) is 13.1 Å². The summed E-state index contributed by atoms with van der Waals surface area (Å²) in [6, 6.07) is 19.7. The highest BCUT2D eigenvalue weighted by Gasteiger charge is 2.06. The summed E-state index contributed by atoms with van der Waals surface area (Å²) in [5.74, 6) is 0. The van der Waals surface area contributed by atoms with Crippen molar-refractivity contribution in [2.24, 2.45) is 0 Å². The molecule has 0 bridgehead atoms. The molecule has 1 N–H and O–H groups in total. The lowest BCUT2D eigenvalue weighted by Gasteiger charge is -2.21. The van der Waals surface area contributed by atoms with Crippen molar-refractivity contribution in [1.82, 2.24) is 5.32 Å². The van der Waals surface area contributed by atoms with Gasteiger partial charge in [-0.05, 0) is 23.3 Å². The number of para-hydroxylation sites is 1. The van der Waals surface area contributed by atoms with E-state index in [1.54, 1.807) is 0 Å². The molecule has 2 heteroatoms. The first-order valence-electron chi connectivity index (χ1n) is 7.23. The minimum absolute atomic E-state index is 0.509. The van der Waals surface area contributed by atoms with E-state index < -0.39 is 0 Å². The third-order valence-electron chi connectivity index (χ3n) is 3.42. The molecule has 0 heterocycles. The van der Waals surface area contributed by atoms with Gasteiger partial charge in [-0.3, -0.25) is 0 Å². The molecule has 106 valence electrons. The largest absolute Gasteiger partial charge is 0.370 e. The molecule has 2 aromatic rings. The lowest BCUT2D eigenvalue weighted by atomic mass is 10.1. The Balaban J connectivity index is 2.09. The molecule has 0 aliphatic rings. The molecule has 0 aliphatic carbocycles. The van der Waals surface area contributed by atoms with E-state index in [0.29, 0.717) is 6.04 Å². The minimum Gasteiger partial charge on any atom is -0.370 e. The third-order valence-corrected chi connectivity index (χ3v) is 3.42. The maximum Gasteiger partial charge on any atom is 0.0429 e. The fourth-order valence-electron chi connectivity index (χ4n) is 2.23. The second-order valence-corrected chi connectivity index (χ2v) is 5.50. The van der Waals surface area contributed by atoms with Crippen LogP contribution in [0.1, 0.15) is 25.0 Å². The van der Waals surface area contributed by atoms with Crippen LogP contribution in [0.15, 0.2) is 54.6 Å². The topological polar surface area (TPSA) is 15.3 Å². The van der Waals surface area contributed by atoms with E-state index in [2.05, 4.69) is 85.7 Å². The molecular formula is C18H24N2. The standard InChI is InChI=1S/C18H24N2/c1-15(2)19-13-16-9-7-8-10-17(16)14-20(3)18-11-5-4-6-12-18/h4-12,15,19H,13-14H2,1-3H3. The SMILES string of the molecule is CC(C)NCc1ccccc1CN(C)c1ccccc1. The molecule has 0 radical (unpaired) electrons. The average molecular weight is 268 g/mol. The van der Waals surface area contributed by atoms with E-state index in [9.17, 15) is 0 Å². The quantitative estimate of drug-likeness (QED) is 0.856. The maximum absolute atomic E-state index is 3.50. The van der Waals surface area contributed by atoms with Crippen LogP contribution in [-0.2, 0) is 13.1 Å². The lowest BCUT2D eigenvalue weighted by molar-refractivity contribution is 0.586. The van der Waals surface area contributed by atoms with Crippen molar-refractivity contribution in [3.8, 4) is 0 Å². The van der Waals surface area contributed by atoms with Gasteiger partial charge in [0.2, 0.25) is 0 Å². The van der Waals surface area contributed by atoms with Gasteiger partial charge in [0.25, 0.3) is 0 Å². The number of hydrogen-bond acceptors (Lipinski definition) is 2. The highest BCUT2D eigenvalue weighted by Crippen LogP contribution is 2.17. The lowest BCUT2D eigenvalue weighted by Crippen LogP contribution is -2.24. The van der Waals surface area contributed by atoms with Crippen molar-refractivity contribution in [1.29, 1.82) is 0 Å². The summed E-state index contributed by atoms with van der Waals surface area (Å²) in [4.78, 5) is 2.29. The molecule has 0 unspecified atom stereocenters. The van der Waals surface area contributed by atoms with Crippen molar-refractivity contribution >= 4 is 5.69 Å². The van der Waals surface area contributed by atoms with Crippen molar-refractivity contribution < 1.29 is 0 Å². The molecule has 0 fully saturated rings. The highest BCUT2D eigenvalue weighted by molar-refractivity contribution is 5.46. The molecule has 0 atom stereocenters. The monoisotopic (exact) mass is 268 g/mol. The van der Waals surface area contributed by atoms with Crippen molar-refractivity contribution in [2.45, 2.75) is 33.0 Å². The maximum atomic E-state index is 3.50. The molecule has 0 saturated carbocycles. The van der Waals surface area contributed by atoms with Crippen LogP contribution in [0.5, 0.6) is 0 Å². The summed E-state index contributed by atoms with van der Waals surface area (Å²) < 4.78 is 0. The molecule has 20 heavy (non-hydrogen) atoms. The fraction of sp³-hybridized carbons (Fsp3) is 0.333. The second-order valence-electron chi connectivity index (χ2n) is 5.50. The van der Waals surface area contributed by atoms with Crippen molar-refractivity contribution in [3.05, 3.63) is 65.7 Å². The van der Waals surface area contributed by atoms with E-state index in [1.165, 1.54) is 16.8 Å². The zero-order valence-electron chi connectivity index (χ0n) is 12.6. The number of rotatable bonds is 6. The fourth-order valence-corrected chi connectivity index (χ4v) is 2.23. The number of anilines is 1. The Morgan fingerprint density at radius 2 is 1.50 bits per heavy atom. The van der Waals surface area contributed by atoms with Crippen molar-refractivity contribution in [2.75, 3.05) is 11.9 Å². The van der Waals surface area contributed by atoms with Gasteiger partial charge >= 0.3 is 0 Å². The van der Waals surface area contributed by atoms with Crippen LogP contribution in [0.2, 0.25) is 0 Å². The summed E-state index contributed by atoms with van der Waals surface area (Å²) in [6.07, 6.45) is 0. The first kappa shape index (κ1) is 14.6. The number of hydrogen-bond donors (Lipinski definition) is 1. The molecule has 0 amide bonds. The van der Waals surface area contributed by atoms with Gasteiger partial charge in [0, 0.05) is 31.9 Å². The van der Waals surface area contributed by atoms with Gasteiger partial charge in [0.15, 0.2) is 0 Å². The zero-order valence-corrected chi connectivity index (χ0v) is 12.6. The highest BCUT2D eigenvalue weighted by atomic mass is 15.1. The Kier molecular flexibility index (Phi) is 5.19.